The number of amides is 17. The second-order valence-corrected chi connectivity index (χ2v) is 30.8. The van der Waals surface area contributed by atoms with Gasteiger partial charge in [0.2, 0.25) is 100 Å². The number of unbranched alkanes of at least 4 members (excludes halogenated alkanes) is 1. The van der Waals surface area contributed by atoms with Crippen LogP contribution in [0.15, 0.2) is 61.1 Å². The number of phenols is 2. The van der Waals surface area contributed by atoms with E-state index < -0.39 is 267 Å². The first kappa shape index (κ1) is 106. The van der Waals surface area contributed by atoms with E-state index in [-0.39, 0.29) is 86.7 Å². The number of aromatic hydroxyl groups is 2. The second-order valence-electron chi connectivity index (χ2n) is 30.8. The fraction of sp³-hybridized carbons (Fsp3) is 0.577. The highest BCUT2D eigenvalue weighted by atomic mass is 16.4. The molecule has 0 bridgehead atoms. The van der Waals surface area contributed by atoms with E-state index in [0.717, 1.165) is 25.7 Å². The number of primary amides is 2. The number of aliphatic hydroxyl groups is 6. The molecule has 0 spiro atoms. The van der Waals surface area contributed by atoms with Crippen LogP contribution in [0.4, 0.5) is 0 Å². The van der Waals surface area contributed by atoms with Gasteiger partial charge in [-0.15, -0.1) is 0 Å². The molecular formula is C78H119N21O27. The maximum absolute atomic E-state index is 14.6. The topological polar surface area (TPSA) is 794 Å². The lowest BCUT2D eigenvalue weighted by atomic mass is 9.97. The Morgan fingerprint density at radius 3 is 1.36 bits per heavy atom. The number of nitrogens with one attached hydrogen (secondary N) is 15. The third-order valence-electron chi connectivity index (χ3n) is 20.0. The van der Waals surface area contributed by atoms with Crippen molar-refractivity contribution in [3.8, 4) is 11.5 Å². The van der Waals surface area contributed by atoms with Crippen LogP contribution in [-0.2, 0) is 106 Å². The second kappa shape index (κ2) is 52.2. The number of likely N-dealkylation sites (tertiary alicyclic amines) is 1. The van der Waals surface area contributed by atoms with Crippen molar-refractivity contribution in [3.05, 3.63) is 77.9 Å². The summed E-state index contributed by atoms with van der Waals surface area (Å²) in [4.78, 5) is 253. The molecule has 17 amide bonds. The summed E-state index contributed by atoms with van der Waals surface area (Å²) in [5, 5.41) is 125. The zero-order valence-electron chi connectivity index (χ0n) is 70.6. The van der Waals surface area contributed by atoms with Crippen molar-refractivity contribution in [2.45, 2.75) is 234 Å². The molecule has 48 nitrogen and oxygen atoms in total. The normalized spacial score (nSPS) is 16.7. The van der Waals surface area contributed by atoms with Gasteiger partial charge >= 0.3 is 5.97 Å². The van der Waals surface area contributed by atoms with Crippen LogP contribution in [0.1, 0.15) is 123 Å². The van der Waals surface area contributed by atoms with E-state index in [1.54, 1.807) is 27.7 Å². The number of aliphatic carboxylic acids is 1. The summed E-state index contributed by atoms with van der Waals surface area (Å²) >= 11 is 0. The van der Waals surface area contributed by atoms with Gasteiger partial charge < -0.3 is 153 Å². The molecule has 1 aliphatic heterocycles. The Hall–Kier alpha value is -12.6. The van der Waals surface area contributed by atoms with E-state index in [2.05, 4.69) is 84.4 Å². The van der Waals surface area contributed by atoms with Crippen LogP contribution in [-0.4, -0.2) is 316 Å². The Balaban J connectivity index is 1.51. The molecule has 4 rings (SSSR count). The average Bonchev–Trinajstić information content (AvgIpc) is 1.67. The number of carbonyl (C=O) groups is 18. The van der Waals surface area contributed by atoms with Crippen molar-refractivity contribution in [2.75, 3.05) is 39.5 Å². The molecule has 0 radical (unpaired) electrons. The Morgan fingerprint density at radius 1 is 0.484 bits per heavy atom. The van der Waals surface area contributed by atoms with E-state index in [1.807, 2.05) is 0 Å². The van der Waals surface area contributed by atoms with E-state index in [4.69, 9.17) is 22.9 Å². The number of imidazole rings is 1. The Labute approximate surface area is 723 Å². The average molecular weight is 1780 g/mol. The Kier molecular flexibility index (Phi) is 43.8. The van der Waals surface area contributed by atoms with Crippen LogP contribution in [0, 0.1) is 11.8 Å². The van der Waals surface area contributed by atoms with Crippen molar-refractivity contribution in [2.24, 2.45) is 34.8 Å². The molecule has 1 aliphatic rings. The predicted octanol–water partition coefficient (Wildman–Crippen LogP) is -11.2. The number of aromatic nitrogens is 2. The third-order valence-corrected chi connectivity index (χ3v) is 20.0. The monoisotopic (exact) mass is 1780 g/mol. The summed E-state index contributed by atoms with van der Waals surface area (Å²) in [6.07, 6.45) is -4.90. The number of H-pyrrole nitrogens is 1. The Morgan fingerprint density at radius 2 is 0.897 bits per heavy atom. The number of benzene rings is 2. The lowest BCUT2D eigenvalue weighted by Gasteiger charge is -2.31. The van der Waals surface area contributed by atoms with Crippen LogP contribution in [0.5, 0.6) is 11.5 Å². The van der Waals surface area contributed by atoms with Crippen LogP contribution in [0.25, 0.3) is 0 Å². The van der Waals surface area contributed by atoms with Crippen LogP contribution >= 0.6 is 0 Å². The number of aromatic amines is 1. The summed E-state index contributed by atoms with van der Waals surface area (Å²) in [7, 11) is 0. The molecule has 0 aliphatic carbocycles. The van der Waals surface area contributed by atoms with Gasteiger partial charge in [0.05, 0.1) is 75.6 Å². The summed E-state index contributed by atoms with van der Waals surface area (Å²) < 4.78 is 0. The van der Waals surface area contributed by atoms with E-state index >= 15 is 0 Å². The maximum Gasteiger partial charge on any atom is 0.328 e. The molecule has 48 heteroatoms. The molecule has 698 valence electrons. The lowest BCUT2D eigenvalue weighted by Crippen LogP contribution is -2.64. The number of nitrogens with two attached hydrogens (primary N) is 4. The fourth-order valence-electron chi connectivity index (χ4n) is 12.8. The summed E-state index contributed by atoms with van der Waals surface area (Å²) in [5.41, 5.74) is 23.0. The predicted molar refractivity (Wildman–Crippen MR) is 440 cm³/mol. The third kappa shape index (κ3) is 34.5. The molecule has 2 aromatic carbocycles. The van der Waals surface area contributed by atoms with Crippen molar-refractivity contribution in [1.29, 1.82) is 0 Å². The molecule has 2 heterocycles. The van der Waals surface area contributed by atoms with Gasteiger partial charge in [-0.05, 0) is 113 Å². The van der Waals surface area contributed by atoms with Crippen LogP contribution in [0.2, 0.25) is 0 Å². The zero-order valence-corrected chi connectivity index (χ0v) is 70.6. The van der Waals surface area contributed by atoms with Crippen LogP contribution < -0.4 is 97.4 Å². The largest absolute Gasteiger partial charge is 0.508 e. The summed E-state index contributed by atoms with van der Waals surface area (Å²) in [5.74, 6) is -22.1. The van der Waals surface area contributed by atoms with E-state index in [0.29, 0.717) is 18.4 Å². The minimum atomic E-state index is -2.12. The molecule has 3 aromatic rings. The van der Waals surface area contributed by atoms with Gasteiger partial charge in [-0.1, -0.05) is 58.4 Å². The number of aliphatic hydroxyl groups excluding tert-OH is 6. The van der Waals surface area contributed by atoms with Crippen molar-refractivity contribution >= 4 is 106 Å². The number of carboxylic acids is 1. The van der Waals surface area contributed by atoms with Gasteiger partial charge in [-0.2, -0.15) is 0 Å². The first-order chi connectivity index (χ1) is 59.4. The minimum absolute atomic E-state index is 0.0502. The molecule has 126 heavy (non-hydrogen) atoms. The standard InChI is InChI=1S/C78H119N21O27/c1-8-37(4)60(96-64(111)46(80)28-57(81)108)73(120)90-51(27-43-30-83-35-85-43)70(117)88-49(25-41-14-18-44(106)19-15-41)69(116)92-53(32-100)65(112)84-31-59(110)95-61(38(5)103)75(122)98-63(40(7)105)76(123)97-62(39(6)104)74(121)89-50(26-42-16-20-45(107)21-17-42)68(115)91-52(29-58(82)109)77(124)99-23-11-13-56(99)72(119)93-54(33-101)71(118)87-48(24-36(2)3)67(114)86-47(12-9-10-22-79)66(113)94-55(34-102)78(125)126/h14-21,30,35-40,46-56,60-63,100-107H,8-13,22-29,31-34,79-80H2,1-7H3,(H2,81,108)(H2,82,109)(H,83,85)(H,84,112)(H,86,114)(H,87,118)(H,88,117)(H,89,121)(H,90,120)(H,91,115)(H,92,116)(H,93,119)(H,94,113)(H,95,110)(H,96,111)(H,97,123)(H,98,122)(H,125,126)/t37-,38+,39+,40+,46-,47-,48-,49-,50-,51-,52-,53-,54-,55-,56-,60-,61-,62-,63-/m0/s1. The Bertz CT molecular complexity index is 4220. The SMILES string of the molecule is CC[C@H](C)[C@H](NC(=O)[C@@H](N)CC(N)=O)C(=O)N[C@@H](Cc1c[nH]cn1)C(=O)N[C@@H](Cc1ccc(O)cc1)C(=O)N[C@@H](CO)C(=O)NCC(=O)N[C@H](C(=O)N[C@H](C(=O)N[C@H](C(=O)N[C@@H](Cc1ccc(O)cc1)C(=O)N[C@@H](CC(N)=O)C(=O)N1CCC[C@H]1C(=O)N[C@@H](CO)C(=O)N[C@@H](CC(C)C)C(=O)N[C@@H](CCCCN)C(=O)N[C@@H](CO)C(=O)O)[C@@H](C)O)[C@@H](C)O)[C@@H](C)O. The highest BCUT2D eigenvalue weighted by molar-refractivity contribution is 6.02. The molecular weight excluding hydrogens is 1660 g/mol. The quantitative estimate of drug-likeness (QED) is 0.0233. The van der Waals surface area contributed by atoms with Crippen molar-refractivity contribution < 1.29 is 132 Å². The van der Waals surface area contributed by atoms with Crippen LogP contribution in [0.3, 0.4) is 0 Å². The smallest absolute Gasteiger partial charge is 0.328 e. The molecule has 0 saturated carbocycles. The number of carbonyl (C=O) groups excluding carboxylic acids is 17. The van der Waals surface area contributed by atoms with Gasteiger partial charge in [-0.25, -0.2) is 9.78 Å². The van der Waals surface area contributed by atoms with Crippen molar-refractivity contribution in [1.82, 2.24) is 89.3 Å². The molecule has 1 fully saturated rings. The molecule has 1 saturated heterocycles. The minimum Gasteiger partial charge on any atom is -0.508 e. The first-order valence-corrected chi connectivity index (χ1v) is 40.5. The number of phenolic OH excluding ortho intramolecular Hbond substituents is 2. The molecule has 0 unspecified atom stereocenters. The van der Waals surface area contributed by atoms with Gasteiger partial charge in [0.15, 0.2) is 0 Å². The van der Waals surface area contributed by atoms with E-state index in [9.17, 15) is 132 Å². The number of rotatable bonds is 54. The lowest BCUT2D eigenvalue weighted by molar-refractivity contribution is -0.144. The summed E-state index contributed by atoms with van der Waals surface area (Å²) in [6, 6.07) is -15.6. The highest BCUT2D eigenvalue weighted by Crippen LogP contribution is 2.22. The molecule has 32 N–H and O–H groups in total. The first-order valence-electron chi connectivity index (χ1n) is 40.5. The number of hydrogen-bond donors (Lipinski definition) is 28. The van der Waals surface area contributed by atoms with E-state index in [1.165, 1.54) is 61.1 Å². The number of nitrogens with zero attached hydrogens (tertiary/aromatic N) is 2. The number of hydrogen-bond acceptors (Lipinski definition) is 29. The summed E-state index contributed by atoms with van der Waals surface area (Å²) in [6.45, 7) is 5.32. The van der Waals surface area contributed by atoms with Crippen molar-refractivity contribution in [3.63, 3.8) is 0 Å². The zero-order chi connectivity index (χ0) is 94.5. The number of carboxylic acid groups (broad SMARTS) is 1. The highest BCUT2D eigenvalue weighted by Gasteiger charge is 2.43. The van der Waals surface area contributed by atoms with Gasteiger partial charge in [0, 0.05) is 32.0 Å². The fourth-order valence-corrected chi connectivity index (χ4v) is 12.8. The van der Waals surface area contributed by atoms with Gasteiger partial charge in [0.1, 0.15) is 96.1 Å². The van der Waals surface area contributed by atoms with Gasteiger partial charge in [-0.3, -0.25) is 81.5 Å². The van der Waals surface area contributed by atoms with Gasteiger partial charge in [0.25, 0.3) is 0 Å². The maximum atomic E-state index is 14.6. The molecule has 1 aromatic heterocycles. The molecule has 19 atom stereocenters.